The van der Waals surface area contributed by atoms with Gasteiger partial charge in [-0.15, -0.1) is 0 Å². The third kappa shape index (κ3) is 3.42. The molecular weight excluding hydrogens is 278 g/mol. The highest BCUT2D eigenvalue weighted by Crippen LogP contribution is 2.26. The van der Waals surface area contributed by atoms with Gasteiger partial charge < -0.3 is 11.1 Å². The van der Waals surface area contributed by atoms with E-state index in [0.29, 0.717) is 6.04 Å². The van der Waals surface area contributed by atoms with Gasteiger partial charge in [0.1, 0.15) is 5.82 Å². The molecule has 1 aromatic rings. The number of nitrogens with one attached hydrogen (secondary N) is 1. The fourth-order valence-corrected chi connectivity index (χ4v) is 2.60. The van der Waals surface area contributed by atoms with Crippen molar-refractivity contribution in [3.05, 3.63) is 22.3 Å². The van der Waals surface area contributed by atoms with Crippen LogP contribution in [-0.2, 0) is 0 Å². The van der Waals surface area contributed by atoms with E-state index in [1.807, 2.05) is 13.0 Å². The number of anilines is 1. The fraction of sp³-hybridized carbons (Fsp3) is 0.615. The van der Waals surface area contributed by atoms with Crippen LogP contribution in [0.25, 0.3) is 0 Å². The number of hydrogen-bond acceptors (Lipinski definition) is 3. The van der Waals surface area contributed by atoms with E-state index in [2.05, 4.69) is 32.3 Å². The second-order valence-corrected chi connectivity index (χ2v) is 5.72. The molecule has 4 heteroatoms. The van der Waals surface area contributed by atoms with Gasteiger partial charge in [0.15, 0.2) is 0 Å². The standard InChI is InChI=1S/C13H20BrN3/c1-9-12(14)6-7-13(16-9)17-11-4-2-10(8-15)3-5-11/h6-7,10-11H,2-5,8,15H2,1H3,(H,16,17). The second kappa shape index (κ2) is 5.83. The molecule has 0 atom stereocenters. The van der Waals surface area contributed by atoms with E-state index in [4.69, 9.17) is 5.73 Å². The molecule has 94 valence electrons. The first-order chi connectivity index (χ1) is 8.19. The topological polar surface area (TPSA) is 50.9 Å². The zero-order valence-electron chi connectivity index (χ0n) is 10.2. The summed E-state index contributed by atoms with van der Waals surface area (Å²) in [5.41, 5.74) is 6.73. The van der Waals surface area contributed by atoms with Crippen LogP contribution in [0.3, 0.4) is 0 Å². The maximum Gasteiger partial charge on any atom is 0.126 e. The van der Waals surface area contributed by atoms with E-state index in [0.717, 1.165) is 28.4 Å². The first kappa shape index (κ1) is 12.8. The van der Waals surface area contributed by atoms with E-state index >= 15 is 0 Å². The first-order valence-corrected chi connectivity index (χ1v) is 7.08. The van der Waals surface area contributed by atoms with Crippen molar-refractivity contribution in [2.45, 2.75) is 38.6 Å². The van der Waals surface area contributed by atoms with E-state index in [1.165, 1.54) is 25.7 Å². The Morgan fingerprint density at radius 1 is 1.35 bits per heavy atom. The van der Waals surface area contributed by atoms with Crippen LogP contribution in [0.5, 0.6) is 0 Å². The fourth-order valence-electron chi connectivity index (χ4n) is 2.38. The molecular formula is C13H20BrN3. The van der Waals surface area contributed by atoms with Crippen molar-refractivity contribution < 1.29 is 0 Å². The summed E-state index contributed by atoms with van der Waals surface area (Å²) in [7, 11) is 0. The summed E-state index contributed by atoms with van der Waals surface area (Å²) in [5.74, 6) is 1.72. The van der Waals surface area contributed by atoms with Crippen LogP contribution in [-0.4, -0.2) is 17.6 Å². The average Bonchev–Trinajstić information content (AvgIpc) is 2.35. The van der Waals surface area contributed by atoms with Crippen LogP contribution in [0.2, 0.25) is 0 Å². The number of aryl methyl sites for hydroxylation is 1. The molecule has 3 nitrogen and oxygen atoms in total. The number of rotatable bonds is 3. The Balaban J connectivity index is 1.91. The Bertz CT molecular complexity index is 373. The average molecular weight is 298 g/mol. The molecule has 3 N–H and O–H groups in total. The Labute approximate surface area is 111 Å². The number of hydrogen-bond donors (Lipinski definition) is 2. The van der Waals surface area contributed by atoms with E-state index < -0.39 is 0 Å². The highest BCUT2D eigenvalue weighted by Gasteiger charge is 2.20. The predicted octanol–water partition coefficient (Wildman–Crippen LogP) is 3.08. The largest absolute Gasteiger partial charge is 0.367 e. The lowest BCUT2D eigenvalue weighted by Gasteiger charge is -2.28. The molecule has 0 amide bonds. The third-order valence-corrected chi connectivity index (χ3v) is 4.39. The Morgan fingerprint density at radius 2 is 2.06 bits per heavy atom. The summed E-state index contributed by atoms with van der Waals surface area (Å²) in [6.07, 6.45) is 4.89. The van der Waals surface area contributed by atoms with Crippen molar-refractivity contribution in [2.75, 3.05) is 11.9 Å². The lowest BCUT2D eigenvalue weighted by molar-refractivity contribution is 0.344. The summed E-state index contributed by atoms with van der Waals surface area (Å²) < 4.78 is 1.06. The molecule has 0 saturated heterocycles. The van der Waals surface area contributed by atoms with Crippen molar-refractivity contribution >= 4 is 21.7 Å². The minimum Gasteiger partial charge on any atom is -0.367 e. The summed E-state index contributed by atoms with van der Waals surface area (Å²) in [6, 6.07) is 4.65. The maximum atomic E-state index is 5.70. The van der Waals surface area contributed by atoms with Gasteiger partial charge in [-0.05, 0) is 73.1 Å². The molecule has 1 aromatic heterocycles. The predicted molar refractivity (Wildman–Crippen MR) is 75.1 cm³/mol. The number of nitrogens with two attached hydrogens (primary N) is 1. The summed E-state index contributed by atoms with van der Waals surface area (Å²) in [4.78, 5) is 4.52. The summed E-state index contributed by atoms with van der Waals surface area (Å²) >= 11 is 3.47. The van der Waals surface area contributed by atoms with Gasteiger partial charge in [-0.25, -0.2) is 4.98 Å². The number of pyridine rings is 1. The quantitative estimate of drug-likeness (QED) is 0.901. The van der Waals surface area contributed by atoms with Crippen molar-refractivity contribution in [1.82, 2.24) is 4.98 Å². The van der Waals surface area contributed by atoms with E-state index in [1.54, 1.807) is 0 Å². The van der Waals surface area contributed by atoms with Crippen LogP contribution >= 0.6 is 15.9 Å². The number of nitrogens with zero attached hydrogens (tertiary/aromatic N) is 1. The summed E-state index contributed by atoms with van der Waals surface area (Å²) in [6.45, 7) is 2.85. The Hall–Kier alpha value is -0.610. The lowest BCUT2D eigenvalue weighted by atomic mass is 9.86. The molecule has 1 aliphatic carbocycles. The van der Waals surface area contributed by atoms with Gasteiger partial charge in [0, 0.05) is 10.5 Å². The molecule has 1 heterocycles. The molecule has 1 fully saturated rings. The Kier molecular flexibility index (Phi) is 4.40. The van der Waals surface area contributed by atoms with Gasteiger partial charge in [0.2, 0.25) is 0 Å². The normalized spacial score (nSPS) is 24.6. The maximum absolute atomic E-state index is 5.70. The molecule has 0 radical (unpaired) electrons. The molecule has 1 aliphatic rings. The monoisotopic (exact) mass is 297 g/mol. The van der Waals surface area contributed by atoms with Crippen LogP contribution in [0.1, 0.15) is 31.4 Å². The van der Waals surface area contributed by atoms with Crippen molar-refractivity contribution in [3.8, 4) is 0 Å². The molecule has 0 aliphatic heterocycles. The van der Waals surface area contributed by atoms with Crippen LogP contribution in [0, 0.1) is 12.8 Å². The highest BCUT2D eigenvalue weighted by atomic mass is 79.9. The van der Waals surface area contributed by atoms with Crippen molar-refractivity contribution in [3.63, 3.8) is 0 Å². The van der Waals surface area contributed by atoms with Crippen molar-refractivity contribution in [1.29, 1.82) is 0 Å². The lowest BCUT2D eigenvalue weighted by Crippen LogP contribution is -2.29. The van der Waals surface area contributed by atoms with Gasteiger partial charge >= 0.3 is 0 Å². The zero-order valence-corrected chi connectivity index (χ0v) is 11.8. The highest BCUT2D eigenvalue weighted by molar-refractivity contribution is 9.10. The number of halogens is 1. The smallest absolute Gasteiger partial charge is 0.126 e. The molecule has 0 bridgehead atoms. The van der Waals surface area contributed by atoms with Crippen LogP contribution in [0.4, 0.5) is 5.82 Å². The minimum absolute atomic E-state index is 0.561. The molecule has 0 spiro atoms. The minimum atomic E-state index is 0.561. The third-order valence-electron chi connectivity index (χ3n) is 3.55. The van der Waals surface area contributed by atoms with Crippen molar-refractivity contribution in [2.24, 2.45) is 11.7 Å². The van der Waals surface area contributed by atoms with E-state index in [-0.39, 0.29) is 0 Å². The SMILES string of the molecule is Cc1nc(NC2CCC(CN)CC2)ccc1Br. The molecule has 0 aromatic carbocycles. The van der Waals surface area contributed by atoms with Gasteiger partial charge in [-0.3, -0.25) is 0 Å². The van der Waals surface area contributed by atoms with Gasteiger partial charge in [-0.1, -0.05) is 0 Å². The van der Waals surface area contributed by atoms with Gasteiger partial charge in [0.25, 0.3) is 0 Å². The summed E-state index contributed by atoms with van der Waals surface area (Å²) in [5, 5.41) is 3.52. The van der Waals surface area contributed by atoms with Gasteiger partial charge in [-0.2, -0.15) is 0 Å². The molecule has 1 saturated carbocycles. The van der Waals surface area contributed by atoms with E-state index in [9.17, 15) is 0 Å². The first-order valence-electron chi connectivity index (χ1n) is 6.29. The van der Waals surface area contributed by atoms with Crippen LogP contribution in [0.15, 0.2) is 16.6 Å². The Morgan fingerprint density at radius 3 is 2.65 bits per heavy atom. The second-order valence-electron chi connectivity index (χ2n) is 4.86. The molecule has 0 unspecified atom stereocenters. The van der Waals surface area contributed by atoms with Gasteiger partial charge in [0.05, 0.1) is 5.69 Å². The number of aromatic nitrogens is 1. The molecule has 2 rings (SSSR count). The molecule has 17 heavy (non-hydrogen) atoms. The van der Waals surface area contributed by atoms with Crippen LogP contribution < -0.4 is 11.1 Å². The zero-order chi connectivity index (χ0) is 12.3.